The van der Waals surface area contributed by atoms with E-state index in [1.165, 1.54) is 36.5 Å². The quantitative estimate of drug-likeness (QED) is 0.889. The van der Waals surface area contributed by atoms with E-state index in [1.54, 1.807) is 0 Å². The molecule has 24 heavy (non-hydrogen) atoms. The molecule has 4 rings (SSSR count). The molecule has 3 unspecified atom stereocenters. The molecule has 1 heterocycles. The SMILES string of the molecule is Cl.O=C(NCc1ccc2ccccc2c1)C1CC2CCCCC2N1. The molecule has 3 atom stereocenters. The normalized spacial score (nSPS) is 25.8. The van der Waals surface area contributed by atoms with Crippen LogP contribution in [0.15, 0.2) is 42.5 Å². The molecule has 2 aromatic rings. The fraction of sp³-hybridized carbons (Fsp3) is 0.450. The Labute approximate surface area is 149 Å². The highest BCUT2D eigenvalue weighted by atomic mass is 35.5. The summed E-state index contributed by atoms with van der Waals surface area (Å²) in [7, 11) is 0. The van der Waals surface area contributed by atoms with Gasteiger partial charge in [-0.15, -0.1) is 12.4 Å². The van der Waals surface area contributed by atoms with Crippen LogP contribution in [-0.4, -0.2) is 18.0 Å². The second-order valence-electron chi connectivity index (χ2n) is 7.01. The third-order valence-electron chi connectivity index (χ3n) is 5.46. The molecule has 4 heteroatoms. The van der Waals surface area contributed by atoms with Crippen LogP contribution in [0, 0.1) is 5.92 Å². The number of carbonyl (C=O) groups is 1. The van der Waals surface area contributed by atoms with Crippen molar-refractivity contribution in [2.45, 2.75) is 50.7 Å². The number of amides is 1. The lowest BCUT2D eigenvalue weighted by Crippen LogP contribution is -2.42. The zero-order valence-electron chi connectivity index (χ0n) is 13.8. The molecule has 1 aliphatic heterocycles. The summed E-state index contributed by atoms with van der Waals surface area (Å²) in [5.41, 5.74) is 1.16. The van der Waals surface area contributed by atoms with Crippen molar-refractivity contribution in [3.8, 4) is 0 Å². The van der Waals surface area contributed by atoms with Gasteiger partial charge in [-0.25, -0.2) is 0 Å². The Morgan fingerprint density at radius 3 is 2.71 bits per heavy atom. The van der Waals surface area contributed by atoms with Gasteiger partial charge in [0.1, 0.15) is 0 Å². The molecule has 2 aliphatic rings. The van der Waals surface area contributed by atoms with Crippen LogP contribution in [-0.2, 0) is 11.3 Å². The second-order valence-corrected chi connectivity index (χ2v) is 7.01. The average molecular weight is 345 g/mol. The number of halogens is 1. The lowest BCUT2D eigenvalue weighted by atomic mass is 9.85. The van der Waals surface area contributed by atoms with Gasteiger partial charge in [0.25, 0.3) is 0 Å². The van der Waals surface area contributed by atoms with Crippen molar-refractivity contribution in [3.63, 3.8) is 0 Å². The van der Waals surface area contributed by atoms with Gasteiger partial charge in [0, 0.05) is 12.6 Å². The molecule has 0 bridgehead atoms. The maximum absolute atomic E-state index is 12.5. The van der Waals surface area contributed by atoms with Gasteiger partial charge in [0.2, 0.25) is 5.91 Å². The van der Waals surface area contributed by atoms with Crippen LogP contribution in [0.2, 0.25) is 0 Å². The van der Waals surface area contributed by atoms with E-state index in [0.717, 1.165) is 12.0 Å². The highest BCUT2D eigenvalue weighted by molar-refractivity contribution is 5.85. The minimum absolute atomic E-state index is 0. The van der Waals surface area contributed by atoms with Crippen LogP contribution >= 0.6 is 12.4 Å². The number of benzene rings is 2. The number of hydrogen-bond acceptors (Lipinski definition) is 2. The van der Waals surface area contributed by atoms with E-state index in [1.807, 2.05) is 0 Å². The minimum atomic E-state index is 0. The van der Waals surface area contributed by atoms with Crippen LogP contribution in [0.1, 0.15) is 37.7 Å². The number of carbonyl (C=O) groups excluding carboxylic acids is 1. The summed E-state index contributed by atoms with van der Waals surface area (Å²) in [5, 5.41) is 9.13. The van der Waals surface area contributed by atoms with E-state index in [2.05, 4.69) is 53.1 Å². The molecule has 0 spiro atoms. The van der Waals surface area contributed by atoms with Gasteiger partial charge in [-0.2, -0.15) is 0 Å². The molecule has 2 aromatic carbocycles. The van der Waals surface area contributed by atoms with Crippen LogP contribution in [0.3, 0.4) is 0 Å². The van der Waals surface area contributed by atoms with E-state index in [-0.39, 0.29) is 24.4 Å². The molecule has 2 fully saturated rings. The van der Waals surface area contributed by atoms with Crippen molar-refractivity contribution in [2.24, 2.45) is 5.92 Å². The van der Waals surface area contributed by atoms with E-state index in [0.29, 0.717) is 18.5 Å². The fourth-order valence-electron chi connectivity index (χ4n) is 4.18. The van der Waals surface area contributed by atoms with Crippen molar-refractivity contribution in [2.75, 3.05) is 0 Å². The summed E-state index contributed by atoms with van der Waals surface area (Å²) in [6.07, 6.45) is 6.16. The fourth-order valence-corrected chi connectivity index (χ4v) is 4.18. The van der Waals surface area contributed by atoms with Crippen molar-refractivity contribution in [1.82, 2.24) is 10.6 Å². The highest BCUT2D eigenvalue weighted by Crippen LogP contribution is 2.33. The van der Waals surface area contributed by atoms with Gasteiger partial charge in [-0.1, -0.05) is 49.2 Å². The summed E-state index contributed by atoms with van der Waals surface area (Å²) in [4.78, 5) is 12.5. The summed E-state index contributed by atoms with van der Waals surface area (Å²) in [5.74, 6) is 0.868. The van der Waals surface area contributed by atoms with E-state index >= 15 is 0 Å². The van der Waals surface area contributed by atoms with Crippen LogP contribution in [0.25, 0.3) is 10.8 Å². The molecule has 1 saturated heterocycles. The molecular formula is C20H25ClN2O. The van der Waals surface area contributed by atoms with E-state index in [9.17, 15) is 4.79 Å². The van der Waals surface area contributed by atoms with Crippen LogP contribution in [0.5, 0.6) is 0 Å². The van der Waals surface area contributed by atoms with Gasteiger partial charge in [-0.05, 0) is 47.6 Å². The predicted molar refractivity (Wildman–Crippen MR) is 100 cm³/mol. The molecule has 2 N–H and O–H groups in total. The molecule has 1 aliphatic carbocycles. The standard InChI is InChI=1S/C20H24N2O.ClH/c23-20(19-12-17-7-3-4-8-18(17)22-19)21-13-14-9-10-15-5-1-2-6-16(15)11-14;/h1-2,5-6,9-11,17-19,22H,3-4,7-8,12-13H2,(H,21,23);1H. The zero-order valence-corrected chi connectivity index (χ0v) is 14.6. The Morgan fingerprint density at radius 1 is 1.08 bits per heavy atom. The van der Waals surface area contributed by atoms with Gasteiger partial charge in [0.05, 0.1) is 6.04 Å². The molecule has 1 amide bonds. The van der Waals surface area contributed by atoms with E-state index in [4.69, 9.17) is 0 Å². The second kappa shape index (κ2) is 7.54. The molecule has 0 aromatic heterocycles. The first kappa shape index (κ1) is 17.2. The Kier molecular flexibility index (Phi) is 5.42. The van der Waals surface area contributed by atoms with Crippen molar-refractivity contribution in [1.29, 1.82) is 0 Å². The highest BCUT2D eigenvalue weighted by Gasteiger charge is 2.37. The monoisotopic (exact) mass is 344 g/mol. The topological polar surface area (TPSA) is 41.1 Å². The van der Waals surface area contributed by atoms with Gasteiger partial charge in [-0.3, -0.25) is 4.79 Å². The smallest absolute Gasteiger partial charge is 0.237 e. The van der Waals surface area contributed by atoms with Crippen molar-refractivity contribution in [3.05, 3.63) is 48.0 Å². The first-order chi connectivity index (χ1) is 11.3. The molecular weight excluding hydrogens is 320 g/mol. The van der Waals surface area contributed by atoms with Gasteiger partial charge >= 0.3 is 0 Å². The van der Waals surface area contributed by atoms with Crippen molar-refractivity contribution < 1.29 is 4.79 Å². The molecule has 3 nitrogen and oxygen atoms in total. The Morgan fingerprint density at radius 2 is 1.88 bits per heavy atom. The maximum Gasteiger partial charge on any atom is 0.237 e. The summed E-state index contributed by atoms with van der Waals surface area (Å²) >= 11 is 0. The minimum Gasteiger partial charge on any atom is -0.351 e. The Bertz CT molecular complexity index is 704. The molecule has 1 saturated carbocycles. The number of fused-ring (bicyclic) bond motifs is 2. The summed E-state index contributed by atoms with van der Waals surface area (Å²) < 4.78 is 0. The lowest BCUT2D eigenvalue weighted by molar-refractivity contribution is -0.123. The maximum atomic E-state index is 12.5. The van der Waals surface area contributed by atoms with Crippen LogP contribution < -0.4 is 10.6 Å². The zero-order chi connectivity index (χ0) is 15.6. The number of hydrogen-bond donors (Lipinski definition) is 2. The first-order valence-corrected chi connectivity index (χ1v) is 8.81. The average Bonchev–Trinajstić information content (AvgIpc) is 3.04. The van der Waals surface area contributed by atoms with Gasteiger partial charge < -0.3 is 10.6 Å². The largest absolute Gasteiger partial charge is 0.351 e. The third kappa shape index (κ3) is 3.57. The molecule has 0 radical (unpaired) electrons. The van der Waals surface area contributed by atoms with E-state index < -0.39 is 0 Å². The lowest BCUT2D eigenvalue weighted by Gasteiger charge is -2.24. The Balaban J connectivity index is 0.00000169. The summed E-state index contributed by atoms with van der Waals surface area (Å²) in [6.45, 7) is 0.608. The van der Waals surface area contributed by atoms with Crippen molar-refractivity contribution >= 4 is 29.1 Å². The Hall–Kier alpha value is -1.58. The summed E-state index contributed by atoms with van der Waals surface area (Å²) in [6, 6.07) is 15.3. The number of rotatable bonds is 3. The van der Waals surface area contributed by atoms with Crippen LogP contribution in [0.4, 0.5) is 0 Å². The third-order valence-corrected chi connectivity index (χ3v) is 5.46. The first-order valence-electron chi connectivity index (χ1n) is 8.81. The molecule has 128 valence electrons. The number of nitrogens with one attached hydrogen (secondary N) is 2. The van der Waals surface area contributed by atoms with Gasteiger partial charge in [0.15, 0.2) is 0 Å². The predicted octanol–water partition coefficient (Wildman–Crippen LogP) is 3.80.